The molecule has 0 N–H and O–H groups in total. The molecule has 0 bridgehead atoms. The highest BCUT2D eigenvalue weighted by molar-refractivity contribution is 5.93. The lowest BCUT2D eigenvalue weighted by atomic mass is 10.1. The summed E-state index contributed by atoms with van der Waals surface area (Å²) in [5, 5.41) is 5.84. The summed E-state index contributed by atoms with van der Waals surface area (Å²) >= 11 is 0. The second kappa shape index (κ2) is 11.1. The number of rotatable bonds is 6. The number of carbonyl (C=O) groups excluding carboxylic acids is 1. The first-order valence-corrected chi connectivity index (χ1v) is 13.7. The van der Waals surface area contributed by atoms with Crippen molar-refractivity contribution in [2.45, 2.75) is 20.3 Å². The van der Waals surface area contributed by atoms with E-state index in [0.29, 0.717) is 32.6 Å². The first kappa shape index (κ1) is 25.5. The summed E-state index contributed by atoms with van der Waals surface area (Å²) in [7, 11) is 0. The zero-order valence-corrected chi connectivity index (χ0v) is 22.9. The lowest BCUT2D eigenvalue weighted by Crippen LogP contribution is -2.48. The Morgan fingerprint density at radius 1 is 0.825 bits per heavy atom. The van der Waals surface area contributed by atoms with E-state index in [2.05, 4.69) is 36.1 Å². The number of anilines is 1. The topological polar surface area (TPSA) is 67.2 Å². The van der Waals surface area contributed by atoms with Crippen LogP contribution in [-0.4, -0.2) is 56.7 Å². The lowest BCUT2D eigenvalue weighted by Gasteiger charge is -2.35. The fraction of sp³-hybridized carbons (Fsp3) is 0.212. The van der Waals surface area contributed by atoms with E-state index in [1.54, 1.807) is 6.08 Å². The Balaban J connectivity index is 1.31. The molecule has 6 rings (SSSR count). The number of amides is 1. The van der Waals surface area contributed by atoms with E-state index < -0.39 is 0 Å². The molecule has 40 heavy (non-hydrogen) atoms. The van der Waals surface area contributed by atoms with Crippen LogP contribution in [0.5, 0.6) is 0 Å². The van der Waals surface area contributed by atoms with Crippen LogP contribution in [0.25, 0.3) is 22.8 Å². The van der Waals surface area contributed by atoms with Crippen LogP contribution in [-0.2, 0) is 11.2 Å². The molecule has 7 heteroatoms. The maximum atomic E-state index is 12.9. The fourth-order valence-electron chi connectivity index (χ4n) is 5.13. The van der Waals surface area contributed by atoms with E-state index in [4.69, 9.17) is 15.1 Å². The third-order valence-corrected chi connectivity index (χ3v) is 7.32. The first-order chi connectivity index (χ1) is 19.5. The number of fused-ring (bicyclic) bond motifs is 1. The number of carbonyl (C=O) groups is 1. The Labute approximate surface area is 234 Å². The fourth-order valence-corrected chi connectivity index (χ4v) is 5.13. The number of nitrogens with zero attached hydrogens (tertiary/aromatic N) is 6. The highest BCUT2D eigenvalue weighted by atomic mass is 16.2. The molecule has 1 fully saturated rings. The highest BCUT2D eigenvalue weighted by Gasteiger charge is 2.26. The van der Waals surface area contributed by atoms with E-state index in [1.165, 1.54) is 11.1 Å². The predicted octanol–water partition coefficient (Wildman–Crippen LogP) is 5.39. The molecule has 0 aliphatic carbocycles. The second-order valence-electron chi connectivity index (χ2n) is 10.2. The largest absolute Gasteiger partial charge is 0.352 e. The van der Waals surface area contributed by atoms with Gasteiger partial charge >= 0.3 is 0 Å². The van der Waals surface area contributed by atoms with Crippen molar-refractivity contribution in [1.29, 1.82) is 0 Å². The molecular weight excluding hydrogens is 496 g/mol. The van der Waals surface area contributed by atoms with Gasteiger partial charge in [-0.05, 0) is 43.2 Å². The van der Waals surface area contributed by atoms with Crippen molar-refractivity contribution in [2.75, 3.05) is 31.1 Å². The van der Waals surface area contributed by atoms with Gasteiger partial charge in [-0.3, -0.25) is 4.79 Å². The molecule has 0 spiro atoms. The van der Waals surface area contributed by atoms with Crippen molar-refractivity contribution in [3.05, 3.63) is 119 Å². The first-order valence-electron chi connectivity index (χ1n) is 13.7. The van der Waals surface area contributed by atoms with E-state index in [-0.39, 0.29) is 5.91 Å². The highest BCUT2D eigenvalue weighted by Crippen LogP contribution is 2.30. The number of benzene rings is 3. The lowest BCUT2D eigenvalue weighted by molar-refractivity contribution is -0.126. The summed E-state index contributed by atoms with van der Waals surface area (Å²) in [5.74, 6) is 1.68. The monoisotopic (exact) mass is 528 g/mol. The summed E-state index contributed by atoms with van der Waals surface area (Å²) in [4.78, 5) is 27.2. The maximum Gasteiger partial charge on any atom is 0.246 e. The summed E-state index contributed by atoms with van der Waals surface area (Å²) in [6.45, 7) is 6.75. The molecule has 7 nitrogen and oxygen atoms in total. The molecule has 1 amide bonds. The number of hydrogen-bond donors (Lipinski definition) is 0. The van der Waals surface area contributed by atoms with Crippen molar-refractivity contribution >= 4 is 28.8 Å². The van der Waals surface area contributed by atoms with Gasteiger partial charge in [0.2, 0.25) is 5.91 Å². The Morgan fingerprint density at radius 3 is 2.20 bits per heavy atom. The number of hydrogen-bond acceptors (Lipinski definition) is 5. The van der Waals surface area contributed by atoms with Gasteiger partial charge in [0.15, 0.2) is 5.65 Å². The summed E-state index contributed by atoms with van der Waals surface area (Å²) < 4.78 is 1.92. The molecule has 5 aromatic rings. The minimum atomic E-state index is 0.0319. The van der Waals surface area contributed by atoms with Gasteiger partial charge in [-0.15, -0.1) is 0 Å². The SMILES string of the molecule is Cc1ccc(Cc2nc(N3CCN(C(=O)/C=C/c4ccccc4)CC3)c3c(C)nn(-c4ccccc4)c3n2)cc1. The minimum absolute atomic E-state index is 0.0319. The Kier molecular flexibility index (Phi) is 7.10. The van der Waals surface area contributed by atoms with Crippen LogP contribution in [0.2, 0.25) is 0 Å². The molecule has 1 saturated heterocycles. The number of piperazine rings is 1. The normalized spacial score (nSPS) is 13.8. The summed E-state index contributed by atoms with van der Waals surface area (Å²) in [6.07, 6.45) is 4.17. The molecule has 3 aromatic carbocycles. The van der Waals surface area contributed by atoms with Crippen molar-refractivity contribution < 1.29 is 4.79 Å². The van der Waals surface area contributed by atoms with Crippen molar-refractivity contribution in [3.63, 3.8) is 0 Å². The molecule has 2 aromatic heterocycles. The predicted molar refractivity (Wildman–Crippen MR) is 160 cm³/mol. The van der Waals surface area contributed by atoms with Crippen LogP contribution < -0.4 is 4.90 Å². The zero-order valence-electron chi connectivity index (χ0n) is 22.9. The van der Waals surface area contributed by atoms with Gasteiger partial charge < -0.3 is 9.80 Å². The standard InChI is InChI=1S/C33H32N6O/c1-24-13-15-27(16-14-24)23-29-34-32(31-25(2)36-39(33(31)35-29)28-11-7-4-8-12-28)38-21-19-37(20-22-38)30(40)18-17-26-9-5-3-6-10-26/h3-18H,19-23H2,1-2H3/b18-17+. The average Bonchev–Trinajstić information content (AvgIpc) is 3.34. The van der Waals surface area contributed by atoms with Crippen LogP contribution in [0.1, 0.15) is 28.2 Å². The Morgan fingerprint density at radius 2 is 1.50 bits per heavy atom. The average molecular weight is 529 g/mol. The van der Waals surface area contributed by atoms with Gasteiger partial charge in [-0.25, -0.2) is 14.6 Å². The summed E-state index contributed by atoms with van der Waals surface area (Å²) in [5.41, 5.74) is 6.07. The Hall–Kier alpha value is -4.78. The smallest absolute Gasteiger partial charge is 0.246 e. The molecule has 0 atom stereocenters. The molecule has 3 heterocycles. The maximum absolute atomic E-state index is 12.9. The van der Waals surface area contributed by atoms with Crippen LogP contribution in [0.15, 0.2) is 91.0 Å². The van der Waals surface area contributed by atoms with Crippen LogP contribution in [0, 0.1) is 13.8 Å². The van der Waals surface area contributed by atoms with E-state index >= 15 is 0 Å². The third-order valence-electron chi connectivity index (χ3n) is 7.32. The Bertz CT molecular complexity index is 1650. The van der Waals surface area contributed by atoms with E-state index in [0.717, 1.165) is 39.6 Å². The quantitative estimate of drug-likeness (QED) is 0.277. The van der Waals surface area contributed by atoms with Crippen molar-refractivity contribution in [1.82, 2.24) is 24.6 Å². The van der Waals surface area contributed by atoms with Gasteiger partial charge in [0.1, 0.15) is 11.6 Å². The molecule has 1 aliphatic rings. The van der Waals surface area contributed by atoms with Gasteiger partial charge in [0.05, 0.1) is 16.8 Å². The van der Waals surface area contributed by atoms with Gasteiger partial charge in [-0.1, -0.05) is 78.4 Å². The number of aryl methyl sites for hydroxylation is 2. The van der Waals surface area contributed by atoms with Gasteiger partial charge in [-0.2, -0.15) is 5.10 Å². The molecular formula is C33H32N6O. The van der Waals surface area contributed by atoms with E-state index in [9.17, 15) is 4.79 Å². The van der Waals surface area contributed by atoms with Crippen molar-refractivity contribution in [2.24, 2.45) is 0 Å². The van der Waals surface area contributed by atoms with Crippen LogP contribution in [0.4, 0.5) is 5.82 Å². The van der Waals surface area contributed by atoms with Gasteiger partial charge in [0, 0.05) is 38.7 Å². The third kappa shape index (κ3) is 5.36. The molecule has 1 aliphatic heterocycles. The van der Waals surface area contributed by atoms with Crippen LogP contribution >= 0.6 is 0 Å². The zero-order chi connectivity index (χ0) is 27.5. The minimum Gasteiger partial charge on any atom is -0.352 e. The molecule has 0 radical (unpaired) electrons. The number of para-hydroxylation sites is 1. The molecule has 0 unspecified atom stereocenters. The van der Waals surface area contributed by atoms with Gasteiger partial charge in [0.25, 0.3) is 0 Å². The van der Waals surface area contributed by atoms with E-state index in [1.807, 2.05) is 83.2 Å². The number of aromatic nitrogens is 4. The summed E-state index contributed by atoms with van der Waals surface area (Å²) in [6, 6.07) is 28.5. The van der Waals surface area contributed by atoms with Crippen molar-refractivity contribution in [3.8, 4) is 5.69 Å². The molecule has 0 saturated carbocycles. The van der Waals surface area contributed by atoms with Crippen LogP contribution in [0.3, 0.4) is 0 Å². The second-order valence-corrected chi connectivity index (χ2v) is 10.2. The molecule has 200 valence electrons.